The minimum atomic E-state index is -0.471. The highest BCUT2D eigenvalue weighted by Gasteiger charge is 2.08. The summed E-state index contributed by atoms with van der Waals surface area (Å²) in [4.78, 5) is 19.0. The van der Waals surface area contributed by atoms with Crippen LogP contribution in [0.4, 0.5) is 9.52 Å². The van der Waals surface area contributed by atoms with E-state index in [0.29, 0.717) is 5.13 Å². The van der Waals surface area contributed by atoms with Gasteiger partial charge in [-0.05, 0) is 12.1 Å². The van der Waals surface area contributed by atoms with Gasteiger partial charge in [0.1, 0.15) is 11.5 Å². The van der Waals surface area contributed by atoms with Gasteiger partial charge in [0.05, 0.1) is 6.20 Å². The number of hydrogen-bond acceptors (Lipinski definition) is 4. The topological polar surface area (TPSA) is 54.9 Å². The van der Waals surface area contributed by atoms with Crippen LogP contribution in [0.3, 0.4) is 0 Å². The maximum atomic E-state index is 12.5. The molecule has 2 aromatic rings. The summed E-state index contributed by atoms with van der Waals surface area (Å²) in [6.45, 7) is 0. The van der Waals surface area contributed by atoms with E-state index in [1.807, 2.05) is 0 Å². The van der Waals surface area contributed by atoms with Gasteiger partial charge in [-0.1, -0.05) is 0 Å². The molecule has 76 valence electrons. The maximum absolute atomic E-state index is 12.5. The third-order valence-corrected chi connectivity index (χ3v) is 2.30. The van der Waals surface area contributed by atoms with Crippen molar-refractivity contribution in [1.82, 2.24) is 9.97 Å². The molecule has 0 saturated carbocycles. The summed E-state index contributed by atoms with van der Waals surface area (Å²) < 4.78 is 12.5. The zero-order valence-corrected chi connectivity index (χ0v) is 8.29. The van der Waals surface area contributed by atoms with E-state index in [4.69, 9.17) is 0 Å². The standard InChI is InChI=1S/C9H6FN3OS/c10-6-1-2-7(12-5-6)8(14)13-9-11-3-4-15-9/h1-5H,(H,11,13,14). The van der Waals surface area contributed by atoms with Gasteiger partial charge in [0.15, 0.2) is 5.13 Å². The van der Waals surface area contributed by atoms with E-state index in [-0.39, 0.29) is 5.69 Å². The van der Waals surface area contributed by atoms with E-state index in [0.717, 1.165) is 6.20 Å². The van der Waals surface area contributed by atoms with E-state index in [1.165, 1.54) is 23.5 Å². The van der Waals surface area contributed by atoms with E-state index < -0.39 is 11.7 Å². The quantitative estimate of drug-likeness (QED) is 0.846. The number of aromatic nitrogens is 2. The second-order valence-electron chi connectivity index (χ2n) is 2.65. The number of nitrogens with one attached hydrogen (secondary N) is 1. The minimum absolute atomic E-state index is 0.159. The highest BCUT2D eigenvalue weighted by molar-refractivity contribution is 7.13. The molecule has 15 heavy (non-hydrogen) atoms. The van der Waals surface area contributed by atoms with Crippen LogP contribution >= 0.6 is 11.3 Å². The summed E-state index contributed by atoms with van der Waals surface area (Å²) in [5.41, 5.74) is 0.159. The Labute approximate surface area is 88.8 Å². The Morgan fingerprint density at radius 1 is 1.40 bits per heavy atom. The SMILES string of the molecule is O=C(Nc1nccs1)c1ccc(F)cn1. The maximum Gasteiger partial charge on any atom is 0.276 e. The van der Waals surface area contributed by atoms with E-state index in [1.54, 1.807) is 11.6 Å². The lowest BCUT2D eigenvalue weighted by Crippen LogP contribution is -2.13. The summed E-state index contributed by atoms with van der Waals surface area (Å²) >= 11 is 1.30. The second-order valence-corrected chi connectivity index (χ2v) is 3.55. The number of anilines is 1. The molecule has 0 aromatic carbocycles. The molecule has 2 aromatic heterocycles. The minimum Gasteiger partial charge on any atom is -0.296 e. The molecule has 2 rings (SSSR count). The molecule has 0 saturated heterocycles. The molecule has 6 heteroatoms. The Balaban J connectivity index is 2.11. The predicted molar refractivity (Wildman–Crippen MR) is 54.3 cm³/mol. The largest absolute Gasteiger partial charge is 0.296 e. The highest BCUT2D eigenvalue weighted by Crippen LogP contribution is 2.11. The van der Waals surface area contributed by atoms with Crippen molar-refractivity contribution < 1.29 is 9.18 Å². The summed E-state index contributed by atoms with van der Waals surface area (Å²) in [6, 6.07) is 2.50. The average molecular weight is 223 g/mol. The normalized spacial score (nSPS) is 9.93. The van der Waals surface area contributed by atoms with Gasteiger partial charge in [0, 0.05) is 11.6 Å². The summed E-state index contributed by atoms with van der Waals surface area (Å²) in [5.74, 6) is -0.870. The van der Waals surface area contributed by atoms with Crippen LogP contribution in [0.1, 0.15) is 10.5 Å². The van der Waals surface area contributed by atoms with Crippen LogP contribution in [0.5, 0.6) is 0 Å². The highest BCUT2D eigenvalue weighted by atomic mass is 32.1. The molecule has 0 unspecified atom stereocenters. The molecule has 4 nitrogen and oxygen atoms in total. The molecule has 0 aliphatic heterocycles. The molecule has 0 bridgehead atoms. The Kier molecular flexibility index (Phi) is 2.68. The van der Waals surface area contributed by atoms with Crippen molar-refractivity contribution in [2.45, 2.75) is 0 Å². The first-order chi connectivity index (χ1) is 7.25. The van der Waals surface area contributed by atoms with Gasteiger partial charge < -0.3 is 0 Å². The number of hydrogen-bond donors (Lipinski definition) is 1. The Morgan fingerprint density at radius 2 is 2.27 bits per heavy atom. The zero-order valence-electron chi connectivity index (χ0n) is 7.48. The Bertz CT molecular complexity index is 455. The van der Waals surface area contributed by atoms with Crippen molar-refractivity contribution >= 4 is 22.4 Å². The average Bonchev–Trinajstić information content (AvgIpc) is 2.71. The van der Waals surface area contributed by atoms with E-state index in [2.05, 4.69) is 15.3 Å². The zero-order chi connectivity index (χ0) is 10.7. The number of pyridine rings is 1. The van der Waals surface area contributed by atoms with E-state index >= 15 is 0 Å². The first-order valence-corrected chi connectivity index (χ1v) is 4.96. The van der Waals surface area contributed by atoms with Crippen molar-refractivity contribution in [3.05, 3.63) is 41.4 Å². The van der Waals surface area contributed by atoms with Crippen LogP contribution in [-0.2, 0) is 0 Å². The molecule has 1 amide bonds. The lowest BCUT2D eigenvalue weighted by Gasteiger charge is -1.99. The van der Waals surface area contributed by atoms with Crippen LogP contribution in [0, 0.1) is 5.82 Å². The lowest BCUT2D eigenvalue weighted by molar-refractivity contribution is 0.102. The molecule has 0 aliphatic carbocycles. The van der Waals surface area contributed by atoms with Crippen LogP contribution in [-0.4, -0.2) is 15.9 Å². The van der Waals surface area contributed by atoms with Crippen LogP contribution in [0.15, 0.2) is 29.9 Å². The number of thiazole rings is 1. The second kappa shape index (κ2) is 4.14. The first-order valence-electron chi connectivity index (χ1n) is 4.08. The number of halogens is 1. The van der Waals surface area contributed by atoms with Crippen molar-refractivity contribution in [3.63, 3.8) is 0 Å². The first kappa shape index (κ1) is 9.72. The van der Waals surface area contributed by atoms with Gasteiger partial charge in [-0.2, -0.15) is 0 Å². The van der Waals surface area contributed by atoms with Crippen LogP contribution < -0.4 is 5.32 Å². The lowest BCUT2D eigenvalue weighted by atomic mass is 10.3. The van der Waals surface area contributed by atoms with Gasteiger partial charge in [0.25, 0.3) is 5.91 Å². The van der Waals surface area contributed by atoms with Gasteiger partial charge in [-0.15, -0.1) is 11.3 Å². The smallest absolute Gasteiger partial charge is 0.276 e. The molecular formula is C9H6FN3OS. The molecule has 0 radical (unpaired) electrons. The summed E-state index contributed by atoms with van der Waals surface area (Å²) in [6.07, 6.45) is 2.58. The fourth-order valence-corrected chi connectivity index (χ4v) is 1.48. The van der Waals surface area contributed by atoms with Crippen molar-refractivity contribution in [1.29, 1.82) is 0 Å². The molecule has 0 spiro atoms. The number of amides is 1. The third-order valence-electron chi connectivity index (χ3n) is 1.61. The number of carbonyl (C=O) groups is 1. The van der Waals surface area contributed by atoms with Crippen molar-refractivity contribution in [3.8, 4) is 0 Å². The van der Waals surface area contributed by atoms with Crippen molar-refractivity contribution in [2.75, 3.05) is 5.32 Å². The predicted octanol–water partition coefficient (Wildman–Crippen LogP) is 1.93. The molecule has 0 fully saturated rings. The number of rotatable bonds is 2. The van der Waals surface area contributed by atoms with Gasteiger partial charge in [-0.25, -0.2) is 14.4 Å². The Morgan fingerprint density at radius 3 is 2.87 bits per heavy atom. The molecular weight excluding hydrogens is 217 g/mol. The monoisotopic (exact) mass is 223 g/mol. The molecule has 0 atom stereocenters. The van der Waals surface area contributed by atoms with Crippen LogP contribution in [0.2, 0.25) is 0 Å². The fraction of sp³-hybridized carbons (Fsp3) is 0. The fourth-order valence-electron chi connectivity index (χ4n) is 0.956. The number of carbonyl (C=O) groups excluding carboxylic acids is 1. The summed E-state index contributed by atoms with van der Waals surface area (Å²) in [7, 11) is 0. The summed E-state index contributed by atoms with van der Waals surface area (Å²) in [5, 5.41) is 4.78. The molecule has 0 aliphatic rings. The molecule has 1 N–H and O–H groups in total. The van der Waals surface area contributed by atoms with Gasteiger partial charge in [0.2, 0.25) is 0 Å². The molecule has 2 heterocycles. The van der Waals surface area contributed by atoms with Crippen molar-refractivity contribution in [2.24, 2.45) is 0 Å². The third kappa shape index (κ3) is 2.35. The number of nitrogens with zero attached hydrogens (tertiary/aromatic N) is 2. The van der Waals surface area contributed by atoms with E-state index in [9.17, 15) is 9.18 Å². The van der Waals surface area contributed by atoms with Crippen LogP contribution in [0.25, 0.3) is 0 Å². The Hall–Kier alpha value is -1.82. The van der Waals surface area contributed by atoms with Gasteiger partial charge in [-0.3, -0.25) is 10.1 Å². The van der Waals surface area contributed by atoms with Gasteiger partial charge >= 0.3 is 0 Å².